The van der Waals surface area contributed by atoms with Crippen molar-refractivity contribution in [3.63, 3.8) is 0 Å². The standard InChI is InChI=1S/C27H29NO6/c1-31-20-15-21(32-2)17-22(16-20)34-14-6-5-13-33-19-9-10-24-23-7-3-4-8-25(23)28(26(24)18-19)12-11-27(29)30/h3-4,7-10,15-18H,5-6,11-14H2,1-2H3,(H,29,30). The summed E-state index contributed by atoms with van der Waals surface area (Å²) in [5.41, 5.74) is 2.01. The maximum atomic E-state index is 11.2. The van der Waals surface area contributed by atoms with Crippen LogP contribution in [0.15, 0.2) is 60.7 Å². The number of hydrogen-bond donors (Lipinski definition) is 1. The molecule has 4 rings (SSSR count). The summed E-state index contributed by atoms with van der Waals surface area (Å²) in [7, 11) is 3.22. The van der Waals surface area contributed by atoms with Gasteiger partial charge in [-0.25, -0.2) is 0 Å². The molecule has 0 atom stereocenters. The molecule has 0 aliphatic carbocycles. The number of para-hydroxylation sites is 1. The van der Waals surface area contributed by atoms with E-state index in [0.29, 0.717) is 37.0 Å². The van der Waals surface area contributed by atoms with E-state index in [2.05, 4.69) is 10.6 Å². The van der Waals surface area contributed by atoms with Crippen molar-refractivity contribution in [1.29, 1.82) is 0 Å². The van der Waals surface area contributed by atoms with Gasteiger partial charge in [0.25, 0.3) is 0 Å². The Hall–Kier alpha value is -3.87. The van der Waals surface area contributed by atoms with Crippen LogP contribution in [-0.4, -0.2) is 43.1 Å². The lowest BCUT2D eigenvalue weighted by Gasteiger charge is -2.11. The van der Waals surface area contributed by atoms with Gasteiger partial charge in [0.1, 0.15) is 23.0 Å². The van der Waals surface area contributed by atoms with Gasteiger partial charge in [-0.05, 0) is 31.0 Å². The van der Waals surface area contributed by atoms with E-state index in [4.69, 9.17) is 24.1 Å². The number of aliphatic carboxylic acids is 1. The molecule has 0 unspecified atom stereocenters. The van der Waals surface area contributed by atoms with Crippen LogP contribution in [0.25, 0.3) is 21.8 Å². The minimum absolute atomic E-state index is 0.0675. The first-order valence-corrected chi connectivity index (χ1v) is 11.3. The van der Waals surface area contributed by atoms with Crippen molar-refractivity contribution in [1.82, 2.24) is 4.57 Å². The van der Waals surface area contributed by atoms with E-state index in [1.165, 1.54) is 0 Å². The van der Waals surface area contributed by atoms with Gasteiger partial charge in [-0.3, -0.25) is 4.79 Å². The highest BCUT2D eigenvalue weighted by atomic mass is 16.5. The van der Waals surface area contributed by atoms with Gasteiger partial charge in [0.15, 0.2) is 0 Å². The molecule has 3 aromatic carbocycles. The summed E-state index contributed by atoms with van der Waals surface area (Å²) in [6, 6.07) is 19.5. The molecule has 7 heteroatoms. The largest absolute Gasteiger partial charge is 0.496 e. The monoisotopic (exact) mass is 463 g/mol. The predicted molar refractivity (Wildman–Crippen MR) is 131 cm³/mol. The number of unbranched alkanes of at least 4 members (excludes halogenated alkanes) is 1. The van der Waals surface area contributed by atoms with Crippen LogP contribution < -0.4 is 18.9 Å². The minimum atomic E-state index is -0.812. The zero-order chi connectivity index (χ0) is 23.9. The lowest BCUT2D eigenvalue weighted by atomic mass is 10.1. The third-order valence-corrected chi connectivity index (χ3v) is 5.70. The summed E-state index contributed by atoms with van der Waals surface area (Å²) < 4.78 is 24.4. The first-order valence-electron chi connectivity index (χ1n) is 11.3. The lowest BCUT2D eigenvalue weighted by molar-refractivity contribution is -0.137. The van der Waals surface area contributed by atoms with Gasteiger partial charge >= 0.3 is 5.97 Å². The third kappa shape index (κ3) is 5.36. The van der Waals surface area contributed by atoms with Crippen LogP contribution in [0.3, 0.4) is 0 Å². The molecule has 0 saturated carbocycles. The number of ether oxygens (including phenoxy) is 4. The molecule has 1 aromatic heterocycles. The molecule has 0 saturated heterocycles. The van der Waals surface area contributed by atoms with Gasteiger partial charge in [0, 0.05) is 47.1 Å². The van der Waals surface area contributed by atoms with Crippen LogP contribution in [-0.2, 0) is 11.3 Å². The molecule has 7 nitrogen and oxygen atoms in total. The van der Waals surface area contributed by atoms with Gasteiger partial charge in [0.2, 0.25) is 0 Å². The van der Waals surface area contributed by atoms with E-state index in [1.807, 2.05) is 48.5 Å². The van der Waals surface area contributed by atoms with Gasteiger partial charge in [0.05, 0.1) is 39.4 Å². The number of rotatable bonds is 12. The summed E-state index contributed by atoms with van der Waals surface area (Å²) in [6.45, 7) is 1.53. The van der Waals surface area contributed by atoms with Crippen LogP contribution in [0, 0.1) is 0 Å². The average molecular weight is 464 g/mol. The Balaban J connectivity index is 1.35. The minimum Gasteiger partial charge on any atom is -0.496 e. The molecule has 1 N–H and O–H groups in total. The summed E-state index contributed by atoms with van der Waals surface area (Å²) in [5.74, 6) is 2.04. The molecule has 34 heavy (non-hydrogen) atoms. The first-order chi connectivity index (χ1) is 16.6. The van der Waals surface area contributed by atoms with Crippen molar-refractivity contribution in [3.8, 4) is 23.0 Å². The van der Waals surface area contributed by atoms with Crippen molar-refractivity contribution in [2.75, 3.05) is 27.4 Å². The molecule has 4 aromatic rings. The van der Waals surface area contributed by atoms with E-state index >= 15 is 0 Å². The number of nitrogens with zero attached hydrogens (tertiary/aromatic N) is 1. The molecule has 0 bridgehead atoms. The summed E-state index contributed by atoms with van der Waals surface area (Å²) in [4.78, 5) is 11.2. The number of aromatic nitrogens is 1. The third-order valence-electron chi connectivity index (χ3n) is 5.70. The van der Waals surface area contributed by atoms with Crippen LogP contribution in [0.4, 0.5) is 0 Å². The van der Waals surface area contributed by atoms with Crippen molar-refractivity contribution < 1.29 is 28.8 Å². The second-order valence-corrected chi connectivity index (χ2v) is 7.94. The maximum Gasteiger partial charge on any atom is 0.305 e. The fraction of sp³-hybridized carbons (Fsp3) is 0.296. The fourth-order valence-corrected chi connectivity index (χ4v) is 4.02. The summed E-state index contributed by atoms with van der Waals surface area (Å²) >= 11 is 0. The number of methoxy groups -OCH3 is 2. The van der Waals surface area contributed by atoms with Gasteiger partial charge in [-0.15, -0.1) is 0 Å². The van der Waals surface area contributed by atoms with Gasteiger partial charge < -0.3 is 28.6 Å². The molecule has 1 heterocycles. The Bertz CT molecular complexity index is 1260. The number of carboxylic acid groups (broad SMARTS) is 1. The van der Waals surface area contributed by atoms with E-state index in [1.54, 1.807) is 20.3 Å². The number of carboxylic acids is 1. The number of benzene rings is 3. The average Bonchev–Trinajstić information content (AvgIpc) is 3.17. The Morgan fingerprint density at radius 2 is 1.38 bits per heavy atom. The van der Waals surface area contributed by atoms with Crippen LogP contribution >= 0.6 is 0 Å². The smallest absolute Gasteiger partial charge is 0.305 e. The van der Waals surface area contributed by atoms with Crippen molar-refractivity contribution >= 4 is 27.8 Å². The highest BCUT2D eigenvalue weighted by molar-refractivity contribution is 6.08. The molecular weight excluding hydrogens is 434 g/mol. The van der Waals surface area contributed by atoms with Gasteiger partial charge in [-0.1, -0.05) is 18.2 Å². The number of fused-ring (bicyclic) bond motifs is 3. The van der Waals surface area contributed by atoms with Crippen molar-refractivity contribution in [2.24, 2.45) is 0 Å². The van der Waals surface area contributed by atoms with E-state index in [9.17, 15) is 4.79 Å². The molecule has 0 fully saturated rings. The van der Waals surface area contributed by atoms with E-state index < -0.39 is 5.97 Å². The van der Waals surface area contributed by atoms with E-state index in [0.717, 1.165) is 40.4 Å². The molecule has 0 amide bonds. The zero-order valence-electron chi connectivity index (χ0n) is 19.5. The molecule has 178 valence electrons. The highest BCUT2D eigenvalue weighted by Gasteiger charge is 2.12. The van der Waals surface area contributed by atoms with Gasteiger partial charge in [-0.2, -0.15) is 0 Å². The topological polar surface area (TPSA) is 79.2 Å². The number of aryl methyl sites for hydroxylation is 1. The Morgan fingerprint density at radius 3 is 2.06 bits per heavy atom. The Morgan fingerprint density at radius 1 is 0.765 bits per heavy atom. The van der Waals surface area contributed by atoms with Crippen LogP contribution in [0.5, 0.6) is 23.0 Å². The molecule has 0 spiro atoms. The molecule has 0 aliphatic rings. The van der Waals surface area contributed by atoms with Crippen molar-refractivity contribution in [2.45, 2.75) is 25.8 Å². The van der Waals surface area contributed by atoms with Crippen LogP contribution in [0.2, 0.25) is 0 Å². The second kappa shape index (κ2) is 10.8. The van der Waals surface area contributed by atoms with Crippen molar-refractivity contribution in [3.05, 3.63) is 60.7 Å². The molecular formula is C27H29NO6. The highest BCUT2D eigenvalue weighted by Crippen LogP contribution is 2.32. The molecule has 0 aliphatic heterocycles. The second-order valence-electron chi connectivity index (χ2n) is 7.94. The summed E-state index contributed by atoms with van der Waals surface area (Å²) in [6.07, 6.45) is 1.74. The normalized spacial score (nSPS) is 11.0. The maximum absolute atomic E-state index is 11.2. The quantitative estimate of drug-likeness (QED) is 0.279. The lowest BCUT2D eigenvalue weighted by Crippen LogP contribution is -2.05. The Kier molecular flexibility index (Phi) is 7.42. The first kappa shape index (κ1) is 23.3. The predicted octanol–water partition coefficient (Wildman–Crippen LogP) is 5.52. The Labute approximate surface area is 198 Å². The van der Waals surface area contributed by atoms with Crippen LogP contribution in [0.1, 0.15) is 19.3 Å². The molecule has 0 radical (unpaired) electrons. The number of hydrogen-bond acceptors (Lipinski definition) is 5. The zero-order valence-corrected chi connectivity index (χ0v) is 19.5. The van der Waals surface area contributed by atoms with E-state index in [-0.39, 0.29) is 6.42 Å². The SMILES string of the molecule is COc1cc(OC)cc(OCCCCOc2ccc3c4ccccc4n(CCC(=O)O)c3c2)c1. The fourth-order valence-electron chi connectivity index (χ4n) is 4.02. The number of carbonyl (C=O) groups is 1. The summed E-state index contributed by atoms with van der Waals surface area (Å²) in [5, 5.41) is 11.4.